The fourth-order valence-electron chi connectivity index (χ4n) is 2.24. The molecule has 0 radical (unpaired) electrons. The highest BCUT2D eigenvalue weighted by Gasteiger charge is 2.17. The largest absolute Gasteiger partial charge is 0.371 e. The number of ketones is 1. The molecule has 0 aromatic heterocycles. The van der Waals surface area contributed by atoms with Gasteiger partial charge in [-0.3, -0.25) is 0 Å². The molecular weight excluding hydrogens is 200 g/mol. The van der Waals surface area contributed by atoms with E-state index in [4.69, 9.17) is 4.74 Å². The van der Waals surface area contributed by atoms with Gasteiger partial charge in [-0.25, -0.2) is 0 Å². The first-order valence-electron chi connectivity index (χ1n) is 6.50. The lowest BCUT2D eigenvalue weighted by molar-refractivity contribution is -0.117. The molecule has 0 aromatic carbocycles. The lowest BCUT2D eigenvalue weighted by Crippen LogP contribution is -2.23. The minimum Gasteiger partial charge on any atom is -0.371 e. The molecule has 1 aliphatic rings. The molecule has 2 heteroatoms. The van der Waals surface area contributed by atoms with E-state index in [0.717, 1.165) is 12.8 Å². The summed E-state index contributed by atoms with van der Waals surface area (Å²) in [7, 11) is 0. The van der Waals surface area contributed by atoms with Gasteiger partial charge in [-0.15, -0.1) is 6.58 Å². The number of carbonyl (C=O) groups excluding carboxylic acids is 1. The summed E-state index contributed by atoms with van der Waals surface area (Å²) in [5.41, 5.74) is 0. The van der Waals surface area contributed by atoms with Crippen LogP contribution in [0.25, 0.3) is 0 Å². The second-order valence-corrected chi connectivity index (χ2v) is 4.76. The Bertz CT molecular complexity index is 217. The lowest BCUT2D eigenvalue weighted by Gasteiger charge is -2.26. The zero-order valence-corrected chi connectivity index (χ0v) is 10.4. The molecule has 0 N–H and O–H groups in total. The third kappa shape index (κ3) is 5.45. The number of rotatable bonds is 7. The molecule has 0 aromatic rings. The van der Waals surface area contributed by atoms with E-state index < -0.39 is 0 Å². The number of hydrogen-bond donors (Lipinski definition) is 0. The topological polar surface area (TPSA) is 26.3 Å². The summed E-state index contributed by atoms with van der Waals surface area (Å²) in [6, 6.07) is 0. The lowest BCUT2D eigenvalue weighted by atomic mass is 9.97. The maximum atomic E-state index is 10.8. The molecule has 1 atom stereocenters. The second-order valence-electron chi connectivity index (χ2n) is 4.76. The summed E-state index contributed by atoms with van der Waals surface area (Å²) in [5, 5.41) is 0. The van der Waals surface area contributed by atoms with Crippen LogP contribution in [0.4, 0.5) is 0 Å². The van der Waals surface area contributed by atoms with Crippen molar-refractivity contribution in [2.75, 3.05) is 0 Å². The van der Waals surface area contributed by atoms with Crippen molar-refractivity contribution >= 4 is 5.78 Å². The van der Waals surface area contributed by atoms with E-state index in [9.17, 15) is 4.79 Å². The molecule has 1 rings (SSSR count). The molecule has 1 aliphatic carbocycles. The van der Waals surface area contributed by atoms with Crippen LogP contribution in [0, 0.1) is 0 Å². The summed E-state index contributed by atoms with van der Waals surface area (Å²) in [4.78, 5) is 10.8. The first-order chi connectivity index (χ1) is 7.72. The van der Waals surface area contributed by atoms with Crippen LogP contribution in [0.1, 0.15) is 58.3 Å². The number of hydrogen-bond acceptors (Lipinski definition) is 2. The summed E-state index contributed by atoms with van der Waals surface area (Å²) >= 11 is 0. The fraction of sp³-hybridized carbons (Fsp3) is 0.786. The van der Waals surface area contributed by atoms with E-state index in [2.05, 4.69) is 6.58 Å². The molecule has 0 bridgehead atoms. The number of ether oxygens (including phenoxy) is 1. The number of carbonyl (C=O) groups is 1. The predicted molar refractivity (Wildman–Crippen MR) is 66.5 cm³/mol. The van der Waals surface area contributed by atoms with Crippen molar-refractivity contribution in [1.29, 1.82) is 0 Å². The van der Waals surface area contributed by atoms with Gasteiger partial charge in [-0.2, -0.15) is 0 Å². The number of Topliss-reactive ketones (excluding diaryl/α,β-unsaturated/α-hetero) is 1. The minimum absolute atomic E-state index is 0.141. The fourth-order valence-corrected chi connectivity index (χ4v) is 2.24. The average molecular weight is 224 g/mol. The average Bonchev–Trinajstić information content (AvgIpc) is 2.28. The highest BCUT2D eigenvalue weighted by molar-refractivity contribution is 5.75. The van der Waals surface area contributed by atoms with Crippen LogP contribution in [0.5, 0.6) is 0 Å². The van der Waals surface area contributed by atoms with Crippen molar-refractivity contribution < 1.29 is 9.53 Å². The molecule has 0 aliphatic heterocycles. The smallest absolute Gasteiger partial charge is 0.129 e. The van der Waals surface area contributed by atoms with Crippen molar-refractivity contribution in [2.24, 2.45) is 0 Å². The van der Waals surface area contributed by atoms with Crippen molar-refractivity contribution in [3.8, 4) is 0 Å². The standard InChI is InChI=1S/C14H24O2/c1-3-13(11-7-8-12(2)15)16-14-9-5-4-6-10-14/h3,13-14H,1,4-11H2,2H3. The van der Waals surface area contributed by atoms with Gasteiger partial charge in [0.05, 0.1) is 12.2 Å². The second kappa shape index (κ2) is 7.61. The molecule has 1 fully saturated rings. The molecule has 0 spiro atoms. The van der Waals surface area contributed by atoms with Crippen LogP contribution in [0.3, 0.4) is 0 Å². The Balaban J connectivity index is 2.19. The Morgan fingerprint density at radius 1 is 1.44 bits per heavy atom. The van der Waals surface area contributed by atoms with E-state index in [1.165, 1.54) is 32.1 Å². The zero-order chi connectivity index (χ0) is 11.8. The summed E-state index contributed by atoms with van der Waals surface area (Å²) < 4.78 is 5.99. The van der Waals surface area contributed by atoms with Crippen molar-refractivity contribution in [2.45, 2.75) is 70.5 Å². The third-order valence-corrected chi connectivity index (χ3v) is 3.20. The minimum atomic E-state index is 0.141. The van der Waals surface area contributed by atoms with E-state index in [0.29, 0.717) is 12.5 Å². The molecule has 92 valence electrons. The Hall–Kier alpha value is -0.630. The monoisotopic (exact) mass is 224 g/mol. The maximum Gasteiger partial charge on any atom is 0.129 e. The van der Waals surface area contributed by atoms with Gasteiger partial charge in [-0.05, 0) is 32.6 Å². The molecule has 0 heterocycles. The normalized spacial score (nSPS) is 19.3. The summed E-state index contributed by atoms with van der Waals surface area (Å²) in [6.45, 7) is 5.46. The van der Waals surface area contributed by atoms with Gasteiger partial charge in [0.25, 0.3) is 0 Å². The van der Waals surface area contributed by atoms with Gasteiger partial charge in [0.2, 0.25) is 0 Å². The van der Waals surface area contributed by atoms with Gasteiger partial charge < -0.3 is 9.53 Å². The molecular formula is C14H24O2. The van der Waals surface area contributed by atoms with Gasteiger partial charge in [0, 0.05) is 6.42 Å². The van der Waals surface area contributed by atoms with Crippen LogP contribution >= 0.6 is 0 Å². The van der Waals surface area contributed by atoms with Crippen molar-refractivity contribution in [3.63, 3.8) is 0 Å². The van der Waals surface area contributed by atoms with Crippen molar-refractivity contribution in [1.82, 2.24) is 0 Å². The van der Waals surface area contributed by atoms with E-state index in [1.807, 2.05) is 6.08 Å². The highest BCUT2D eigenvalue weighted by atomic mass is 16.5. The van der Waals surface area contributed by atoms with Gasteiger partial charge in [0.15, 0.2) is 0 Å². The van der Waals surface area contributed by atoms with Gasteiger partial charge >= 0.3 is 0 Å². The quantitative estimate of drug-likeness (QED) is 0.617. The molecule has 2 nitrogen and oxygen atoms in total. The van der Waals surface area contributed by atoms with Crippen LogP contribution in [0.15, 0.2) is 12.7 Å². The summed E-state index contributed by atoms with van der Waals surface area (Å²) in [5.74, 6) is 0.264. The van der Waals surface area contributed by atoms with Gasteiger partial charge in [0.1, 0.15) is 5.78 Å². The zero-order valence-electron chi connectivity index (χ0n) is 10.4. The van der Waals surface area contributed by atoms with E-state index >= 15 is 0 Å². The molecule has 0 saturated heterocycles. The van der Waals surface area contributed by atoms with Crippen LogP contribution in [0.2, 0.25) is 0 Å². The Morgan fingerprint density at radius 3 is 2.69 bits per heavy atom. The third-order valence-electron chi connectivity index (χ3n) is 3.20. The van der Waals surface area contributed by atoms with E-state index in [-0.39, 0.29) is 11.9 Å². The van der Waals surface area contributed by atoms with Crippen LogP contribution in [-0.2, 0) is 9.53 Å². The van der Waals surface area contributed by atoms with Crippen LogP contribution < -0.4 is 0 Å². The molecule has 16 heavy (non-hydrogen) atoms. The molecule has 1 saturated carbocycles. The Labute approximate surface area is 99.1 Å². The SMILES string of the molecule is C=CC(CCCC(C)=O)OC1CCCCC1. The first kappa shape index (κ1) is 13.4. The maximum absolute atomic E-state index is 10.8. The first-order valence-corrected chi connectivity index (χ1v) is 6.50. The van der Waals surface area contributed by atoms with Crippen LogP contribution in [-0.4, -0.2) is 18.0 Å². The van der Waals surface area contributed by atoms with Gasteiger partial charge in [-0.1, -0.05) is 25.3 Å². The molecule has 1 unspecified atom stereocenters. The van der Waals surface area contributed by atoms with E-state index in [1.54, 1.807) is 6.92 Å². The Morgan fingerprint density at radius 2 is 2.12 bits per heavy atom. The van der Waals surface area contributed by atoms with Crippen molar-refractivity contribution in [3.05, 3.63) is 12.7 Å². The predicted octanol–water partition coefficient (Wildman–Crippen LogP) is 3.65. The highest BCUT2D eigenvalue weighted by Crippen LogP contribution is 2.22. The molecule has 0 amide bonds. The summed E-state index contributed by atoms with van der Waals surface area (Å²) in [6.07, 6.45) is 11.3. The Kier molecular flexibility index (Phi) is 6.39.